The summed E-state index contributed by atoms with van der Waals surface area (Å²) in [6, 6.07) is 0. The second kappa shape index (κ2) is 8.82. The smallest absolute Gasteiger partial charge is 0.0651 e. The van der Waals surface area contributed by atoms with Crippen molar-refractivity contribution in [1.29, 1.82) is 0 Å². The molecule has 0 rings (SSSR count). The van der Waals surface area contributed by atoms with Crippen molar-refractivity contribution in [3.05, 3.63) is 0 Å². The van der Waals surface area contributed by atoms with Gasteiger partial charge >= 0.3 is 0 Å². The van der Waals surface area contributed by atoms with Crippen molar-refractivity contribution in [2.75, 3.05) is 11.5 Å². The highest BCUT2D eigenvalue weighted by atomic mass is 33.1. The SMILES string of the molecule is CC#CCSSCC#CC. The molecule has 0 radical (unpaired) electrons. The van der Waals surface area contributed by atoms with E-state index in [1.807, 2.05) is 13.8 Å². The van der Waals surface area contributed by atoms with E-state index in [1.165, 1.54) is 0 Å². The lowest BCUT2D eigenvalue weighted by Gasteiger charge is -1.87. The summed E-state index contributed by atoms with van der Waals surface area (Å²) in [7, 11) is 3.52. The van der Waals surface area contributed by atoms with Gasteiger partial charge in [0.25, 0.3) is 0 Å². The average Bonchev–Trinajstić information content (AvgIpc) is 1.97. The zero-order chi connectivity index (χ0) is 7.66. The van der Waals surface area contributed by atoms with Crippen molar-refractivity contribution in [3.63, 3.8) is 0 Å². The number of hydrogen-bond donors (Lipinski definition) is 0. The summed E-state index contributed by atoms with van der Waals surface area (Å²) in [6.07, 6.45) is 0. The molecule has 0 aliphatic heterocycles. The van der Waals surface area contributed by atoms with Crippen LogP contribution < -0.4 is 0 Å². The number of hydrogen-bond acceptors (Lipinski definition) is 2. The van der Waals surface area contributed by atoms with E-state index in [1.54, 1.807) is 21.6 Å². The van der Waals surface area contributed by atoms with Crippen LogP contribution in [0.4, 0.5) is 0 Å². The highest BCUT2D eigenvalue weighted by molar-refractivity contribution is 8.76. The fraction of sp³-hybridized carbons (Fsp3) is 0.500. The lowest BCUT2D eigenvalue weighted by Crippen LogP contribution is -1.68. The van der Waals surface area contributed by atoms with Crippen LogP contribution in [0.5, 0.6) is 0 Å². The van der Waals surface area contributed by atoms with Crippen LogP contribution >= 0.6 is 21.6 Å². The minimum absolute atomic E-state index is 0.909. The Hall–Kier alpha value is -0.180. The molecule has 0 heterocycles. The standard InChI is InChI=1S/C8H10S2/c1-3-5-7-9-10-8-6-4-2/h7-8H2,1-2H3. The van der Waals surface area contributed by atoms with Crippen LogP contribution in [0, 0.1) is 23.7 Å². The quantitative estimate of drug-likeness (QED) is 0.362. The van der Waals surface area contributed by atoms with E-state index in [0.717, 1.165) is 11.5 Å². The first kappa shape index (κ1) is 9.82. The lowest BCUT2D eigenvalue weighted by atomic mass is 10.7. The Morgan fingerprint density at radius 3 is 1.60 bits per heavy atom. The zero-order valence-corrected chi connectivity index (χ0v) is 7.86. The maximum absolute atomic E-state index is 2.97. The minimum atomic E-state index is 0.909. The van der Waals surface area contributed by atoms with Gasteiger partial charge in [0.1, 0.15) is 0 Å². The average molecular weight is 170 g/mol. The lowest BCUT2D eigenvalue weighted by molar-refractivity contribution is 1.84. The van der Waals surface area contributed by atoms with E-state index < -0.39 is 0 Å². The Balaban J connectivity index is 3.00. The Kier molecular flexibility index (Phi) is 8.66. The molecule has 0 saturated heterocycles. The van der Waals surface area contributed by atoms with E-state index in [0.29, 0.717) is 0 Å². The van der Waals surface area contributed by atoms with Crippen molar-refractivity contribution in [2.45, 2.75) is 13.8 Å². The maximum atomic E-state index is 2.97. The first-order valence-electron chi connectivity index (χ1n) is 2.95. The molecule has 0 aliphatic rings. The van der Waals surface area contributed by atoms with Gasteiger partial charge in [-0.25, -0.2) is 0 Å². The van der Waals surface area contributed by atoms with E-state index in [2.05, 4.69) is 23.7 Å². The van der Waals surface area contributed by atoms with Gasteiger partial charge in [-0.15, -0.1) is 11.8 Å². The van der Waals surface area contributed by atoms with Crippen LogP contribution in [0.2, 0.25) is 0 Å². The van der Waals surface area contributed by atoms with Gasteiger partial charge < -0.3 is 0 Å². The van der Waals surface area contributed by atoms with Crippen LogP contribution in [0.25, 0.3) is 0 Å². The maximum Gasteiger partial charge on any atom is 0.0651 e. The Bertz CT molecular complexity index is 153. The molecular formula is C8H10S2. The second-order valence-corrected chi connectivity index (χ2v) is 3.84. The monoisotopic (exact) mass is 170 g/mol. The summed E-state index contributed by atoms with van der Waals surface area (Å²) in [6.45, 7) is 3.72. The van der Waals surface area contributed by atoms with Crippen molar-refractivity contribution >= 4 is 21.6 Å². The second-order valence-electron chi connectivity index (χ2n) is 1.38. The van der Waals surface area contributed by atoms with Crippen LogP contribution in [0.1, 0.15) is 13.8 Å². The molecule has 0 spiro atoms. The molecule has 0 aromatic rings. The third-order valence-corrected chi connectivity index (χ3v) is 2.60. The van der Waals surface area contributed by atoms with E-state index >= 15 is 0 Å². The Morgan fingerprint density at radius 1 is 0.900 bits per heavy atom. The first-order valence-corrected chi connectivity index (χ1v) is 5.44. The normalized spacial score (nSPS) is 7.00. The van der Waals surface area contributed by atoms with Gasteiger partial charge in [-0.2, -0.15) is 0 Å². The van der Waals surface area contributed by atoms with Crippen molar-refractivity contribution in [3.8, 4) is 23.7 Å². The fourth-order valence-corrected chi connectivity index (χ4v) is 1.71. The molecule has 0 fully saturated rings. The van der Waals surface area contributed by atoms with E-state index in [-0.39, 0.29) is 0 Å². The molecule has 0 N–H and O–H groups in total. The molecule has 0 aromatic carbocycles. The first-order chi connectivity index (χ1) is 4.91. The van der Waals surface area contributed by atoms with Gasteiger partial charge in [0.05, 0.1) is 11.5 Å². The summed E-state index contributed by atoms with van der Waals surface area (Å²) in [5, 5.41) is 0. The number of rotatable bonds is 3. The molecule has 0 amide bonds. The van der Waals surface area contributed by atoms with Gasteiger partial charge in [-0.3, -0.25) is 0 Å². The van der Waals surface area contributed by atoms with Gasteiger partial charge in [-0.1, -0.05) is 33.4 Å². The van der Waals surface area contributed by atoms with Crippen molar-refractivity contribution in [1.82, 2.24) is 0 Å². The molecule has 0 aromatic heterocycles. The molecule has 0 bridgehead atoms. The molecule has 54 valence electrons. The molecule has 2 heteroatoms. The Morgan fingerprint density at radius 2 is 1.30 bits per heavy atom. The van der Waals surface area contributed by atoms with E-state index in [9.17, 15) is 0 Å². The molecule has 0 aliphatic carbocycles. The highest BCUT2D eigenvalue weighted by Crippen LogP contribution is 2.18. The molecule has 0 atom stereocenters. The van der Waals surface area contributed by atoms with Crippen LogP contribution in [-0.2, 0) is 0 Å². The fourth-order valence-electron chi connectivity index (χ4n) is 0.287. The summed E-state index contributed by atoms with van der Waals surface area (Å²) in [5.41, 5.74) is 0. The molecule has 0 unspecified atom stereocenters. The largest absolute Gasteiger partial charge is 0.106 e. The van der Waals surface area contributed by atoms with Crippen LogP contribution in [0.3, 0.4) is 0 Å². The summed E-state index contributed by atoms with van der Waals surface area (Å²) in [4.78, 5) is 0. The summed E-state index contributed by atoms with van der Waals surface area (Å²) in [5.74, 6) is 13.4. The molecular weight excluding hydrogens is 160 g/mol. The predicted molar refractivity (Wildman–Crippen MR) is 51.8 cm³/mol. The summed E-state index contributed by atoms with van der Waals surface area (Å²) < 4.78 is 0. The Labute approximate surface area is 70.9 Å². The molecule has 0 nitrogen and oxygen atoms in total. The topological polar surface area (TPSA) is 0 Å². The van der Waals surface area contributed by atoms with Crippen molar-refractivity contribution in [2.24, 2.45) is 0 Å². The van der Waals surface area contributed by atoms with Crippen LogP contribution in [0.15, 0.2) is 0 Å². The molecule has 0 saturated carbocycles. The minimum Gasteiger partial charge on any atom is -0.106 e. The van der Waals surface area contributed by atoms with Gasteiger partial charge in [0.2, 0.25) is 0 Å². The van der Waals surface area contributed by atoms with Crippen LogP contribution in [-0.4, -0.2) is 11.5 Å². The highest BCUT2D eigenvalue weighted by Gasteiger charge is 1.81. The molecule has 10 heavy (non-hydrogen) atoms. The third-order valence-electron chi connectivity index (χ3n) is 0.699. The van der Waals surface area contributed by atoms with Gasteiger partial charge in [0.15, 0.2) is 0 Å². The van der Waals surface area contributed by atoms with Crippen molar-refractivity contribution < 1.29 is 0 Å². The third kappa shape index (κ3) is 7.82. The van der Waals surface area contributed by atoms with E-state index in [4.69, 9.17) is 0 Å². The van der Waals surface area contributed by atoms with Gasteiger partial charge in [0, 0.05) is 0 Å². The predicted octanol–water partition coefficient (Wildman–Crippen LogP) is 2.41. The van der Waals surface area contributed by atoms with Gasteiger partial charge in [-0.05, 0) is 13.8 Å². The summed E-state index contributed by atoms with van der Waals surface area (Å²) >= 11 is 0. The zero-order valence-electron chi connectivity index (χ0n) is 6.23.